The normalized spacial score (nSPS) is 14.8. The zero-order valence-corrected chi connectivity index (χ0v) is 35.7. The highest BCUT2D eigenvalue weighted by molar-refractivity contribution is 6.42. The summed E-state index contributed by atoms with van der Waals surface area (Å²) in [6, 6.07) is 37.8. The van der Waals surface area contributed by atoms with Crippen LogP contribution in [-0.4, -0.2) is 35.4 Å². The first kappa shape index (κ1) is 42.5. The fourth-order valence-corrected chi connectivity index (χ4v) is 7.72. The van der Waals surface area contributed by atoms with Gasteiger partial charge >= 0.3 is 0 Å². The molecule has 0 spiro atoms. The highest BCUT2D eigenvalue weighted by Gasteiger charge is 2.28. The summed E-state index contributed by atoms with van der Waals surface area (Å²) in [6.07, 6.45) is 3.01. The third-order valence-corrected chi connectivity index (χ3v) is 11.8. The van der Waals surface area contributed by atoms with E-state index in [9.17, 15) is 9.59 Å². The highest BCUT2D eigenvalue weighted by atomic mass is 35.5. The zero-order valence-electron chi connectivity index (χ0n) is 34.2. The lowest BCUT2D eigenvalue weighted by molar-refractivity contribution is -0.128. The summed E-state index contributed by atoms with van der Waals surface area (Å²) < 4.78 is 18.6. The average Bonchev–Trinajstić information content (AvgIpc) is 3.26. The first-order valence-corrected chi connectivity index (χ1v) is 21.0. The van der Waals surface area contributed by atoms with Gasteiger partial charge in [0.15, 0.2) is 23.4 Å². The average molecular weight is 843 g/mol. The summed E-state index contributed by atoms with van der Waals surface area (Å²) in [4.78, 5) is 31.7. The van der Waals surface area contributed by atoms with Gasteiger partial charge in [0.05, 0.1) is 22.1 Å². The molecular weight excluding hydrogens is 793 g/mol. The Morgan fingerprint density at radius 1 is 0.800 bits per heavy atom. The SMILES string of the molecule is CCC(NC(Cc1ccc2c(c1)OCC(c1ccc(OCc3ccc(Cl)c(Cl)c3)cc1)O2)C(=O)N[C@@H](Cc1ccc(-c2ccnc(C)c2C)cc1)C(C)=O)c1ccccc1. The van der Waals surface area contributed by atoms with Crippen LogP contribution < -0.4 is 24.8 Å². The van der Waals surface area contributed by atoms with Crippen molar-refractivity contribution >= 4 is 34.9 Å². The molecule has 1 aliphatic rings. The first-order valence-electron chi connectivity index (χ1n) is 20.3. The maximum Gasteiger partial charge on any atom is 0.238 e. The molecule has 6 aromatic rings. The van der Waals surface area contributed by atoms with Gasteiger partial charge in [-0.1, -0.05) is 109 Å². The molecule has 1 aromatic heterocycles. The Morgan fingerprint density at radius 3 is 2.23 bits per heavy atom. The Bertz CT molecular complexity index is 2420. The van der Waals surface area contributed by atoms with Crippen LogP contribution in [0.25, 0.3) is 11.1 Å². The summed E-state index contributed by atoms with van der Waals surface area (Å²) in [6.45, 7) is 8.37. The van der Waals surface area contributed by atoms with Crippen molar-refractivity contribution in [1.29, 1.82) is 0 Å². The number of hydrogen-bond donors (Lipinski definition) is 2. The van der Waals surface area contributed by atoms with E-state index in [1.54, 1.807) is 12.1 Å². The standard InChI is InChI=1S/C50H49Cl2N3O5/c1-5-44(38-9-7-6-8-10-38)54-46(50(57)55-45(33(4)56)26-34-11-15-37(16-12-34)41-23-24-53-32(3)31(41)2)27-35-14-22-47-48(28-35)59-30-49(60-47)39-17-19-40(20-18-39)58-29-36-13-21-42(51)43(52)25-36/h6-25,28,44-46,49,54H,5,26-27,29-30H2,1-4H3,(H,55,57)/t44?,45-,46?,49?/m0/s1. The molecule has 0 saturated heterocycles. The maximum atomic E-state index is 14.3. The number of Topliss-reactive ketones (excluding diaryl/α,β-unsaturated/α-hetero) is 1. The number of nitrogens with zero attached hydrogens (tertiary/aromatic N) is 1. The third kappa shape index (κ3) is 10.5. The van der Waals surface area contributed by atoms with E-state index >= 15 is 0 Å². The van der Waals surface area contributed by atoms with Crippen molar-refractivity contribution in [3.63, 3.8) is 0 Å². The number of carbonyl (C=O) groups is 2. The van der Waals surface area contributed by atoms with Gasteiger partial charge in [0.25, 0.3) is 0 Å². The van der Waals surface area contributed by atoms with Crippen molar-refractivity contribution in [1.82, 2.24) is 15.6 Å². The van der Waals surface area contributed by atoms with Crippen LogP contribution >= 0.6 is 23.2 Å². The lowest BCUT2D eigenvalue weighted by Gasteiger charge is -2.29. The fourth-order valence-electron chi connectivity index (χ4n) is 7.40. The van der Waals surface area contributed by atoms with Crippen LogP contribution in [0.15, 0.2) is 128 Å². The second-order valence-electron chi connectivity index (χ2n) is 15.2. The summed E-state index contributed by atoms with van der Waals surface area (Å²) in [5, 5.41) is 7.73. The number of nitrogens with one attached hydrogen (secondary N) is 2. The summed E-state index contributed by atoms with van der Waals surface area (Å²) in [5.41, 5.74) is 9.13. The van der Waals surface area contributed by atoms with E-state index in [0.717, 1.165) is 56.6 Å². The largest absolute Gasteiger partial charge is 0.489 e. The van der Waals surface area contributed by atoms with E-state index in [0.29, 0.717) is 53.3 Å². The molecule has 1 aliphatic heterocycles. The Kier molecular flexibility index (Phi) is 13.9. The van der Waals surface area contributed by atoms with Gasteiger partial charge in [-0.25, -0.2) is 0 Å². The number of aromatic nitrogens is 1. The van der Waals surface area contributed by atoms with Gasteiger partial charge in [-0.05, 0) is 127 Å². The molecule has 0 radical (unpaired) electrons. The molecule has 3 unspecified atom stereocenters. The lowest BCUT2D eigenvalue weighted by atomic mass is 9.96. The Balaban J connectivity index is 1.03. The van der Waals surface area contributed by atoms with Gasteiger partial charge in [-0.2, -0.15) is 0 Å². The van der Waals surface area contributed by atoms with Gasteiger partial charge < -0.3 is 19.5 Å². The monoisotopic (exact) mass is 841 g/mol. The molecule has 1 amide bonds. The smallest absolute Gasteiger partial charge is 0.238 e. The number of benzene rings is 5. The van der Waals surface area contributed by atoms with Crippen molar-refractivity contribution in [3.8, 4) is 28.4 Å². The second kappa shape index (κ2) is 19.6. The van der Waals surface area contributed by atoms with E-state index in [-0.39, 0.29) is 23.8 Å². The summed E-state index contributed by atoms with van der Waals surface area (Å²) >= 11 is 12.2. The summed E-state index contributed by atoms with van der Waals surface area (Å²) in [5.74, 6) is 1.59. The highest BCUT2D eigenvalue weighted by Crippen LogP contribution is 2.38. The first-order chi connectivity index (χ1) is 29.0. The number of carbonyl (C=O) groups excluding carboxylic acids is 2. The number of ether oxygens (including phenoxy) is 3. The van der Waals surface area contributed by atoms with Crippen molar-refractivity contribution in [3.05, 3.63) is 177 Å². The minimum Gasteiger partial charge on any atom is -0.489 e. The fraction of sp³-hybridized carbons (Fsp3) is 0.260. The van der Waals surface area contributed by atoms with E-state index in [1.165, 1.54) is 6.92 Å². The zero-order chi connectivity index (χ0) is 42.2. The van der Waals surface area contributed by atoms with Crippen molar-refractivity contribution < 1.29 is 23.8 Å². The molecule has 4 atom stereocenters. The Morgan fingerprint density at radius 2 is 1.52 bits per heavy atom. The number of hydrogen-bond acceptors (Lipinski definition) is 7. The van der Waals surface area contributed by atoms with Gasteiger partial charge in [-0.3, -0.25) is 19.9 Å². The maximum absolute atomic E-state index is 14.3. The quantitative estimate of drug-likeness (QED) is 0.100. The molecule has 8 nitrogen and oxygen atoms in total. The molecule has 10 heteroatoms. The van der Waals surface area contributed by atoms with Crippen molar-refractivity contribution in [2.45, 2.75) is 77.8 Å². The van der Waals surface area contributed by atoms with Gasteiger partial charge in [0.1, 0.15) is 19.0 Å². The van der Waals surface area contributed by atoms with E-state index in [4.69, 9.17) is 37.4 Å². The molecule has 60 heavy (non-hydrogen) atoms. The predicted molar refractivity (Wildman–Crippen MR) is 238 cm³/mol. The van der Waals surface area contributed by atoms with E-state index in [1.807, 2.05) is 98.0 Å². The van der Waals surface area contributed by atoms with Crippen LogP contribution in [0.3, 0.4) is 0 Å². The molecule has 5 aromatic carbocycles. The van der Waals surface area contributed by atoms with Crippen LogP contribution in [-0.2, 0) is 29.0 Å². The molecule has 0 fully saturated rings. The number of amides is 1. The third-order valence-electron chi connectivity index (χ3n) is 11.0. The molecule has 308 valence electrons. The minimum absolute atomic E-state index is 0.0868. The lowest BCUT2D eigenvalue weighted by Crippen LogP contribution is -2.52. The van der Waals surface area contributed by atoms with Crippen LogP contribution in [0.1, 0.15) is 71.5 Å². The molecule has 0 aliphatic carbocycles. The number of pyridine rings is 1. The van der Waals surface area contributed by atoms with E-state index in [2.05, 4.69) is 53.7 Å². The van der Waals surface area contributed by atoms with Crippen LogP contribution in [0.4, 0.5) is 0 Å². The van der Waals surface area contributed by atoms with Crippen LogP contribution in [0.2, 0.25) is 10.0 Å². The predicted octanol–water partition coefficient (Wildman–Crippen LogP) is 10.7. The topological polar surface area (TPSA) is 98.8 Å². The molecular formula is C50H49Cl2N3O5. The van der Waals surface area contributed by atoms with Gasteiger partial charge in [-0.15, -0.1) is 0 Å². The minimum atomic E-state index is -0.699. The number of halogens is 2. The Hall–Kier alpha value is -5.67. The van der Waals surface area contributed by atoms with Gasteiger partial charge in [0, 0.05) is 17.9 Å². The summed E-state index contributed by atoms with van der Waals surface area (Å²) in [7, 11) is 0. The molecule has 2 N–H and O–H groups in total. The number of aryl methyl sites for hydroxylation is 1. The molecule has 0 bridgehead atoms. The van der Waals surface area contributed by atoms with Crippen LogP contribution in [0, 0.1) is 13.8 Å². The molecule has 0 saturated carbocycles. The van der Waals surface area contributed by atoms with Crippen molar-refractivity contribution in [2.24, 2.45) is 0 Å². The molecule has 7 rings (SSSR count). The molecule has 2 heterocycles. The number of rotatable bonds is 16. The number of ketones is 1. The van der Waals surface area contributed by atoms with Crippen molar-refractivity contribution in [2.75, 3.05) is 6.61 Å². The Labute approximate surface area is 362 Å². The second-order valence-corrected chi connectivity index (χ2v) is 16.1. The van der Waals surface area contributed by atoms with Gasteiger partial charge in [0.2, 0.25) is 5.91 Å². The number of fused-ring (bicyclic) bond motifs is 1. The van der Waals surface area contributed by atoms with E-state index < -0.39 is 12.1 Å². The van der Waals surface area contributed by atoms with Crippen LogP contribution in [0.5, 0.6) is 17.2 Å².